The van der Waals surface area contributed by atoms with Crippen LogP contribution < -0.4 is 0 Å². The van der Waals surface area contributed by atoms with Crippen molar-refractivity contribution in [2.75, 3.05) is 26.3 Å². The molecule has 84 valence electrons. The molecule has 15 heavy (non-hydrogen) atoms. The first-order chi connectivity index (χ1) is 7.09. The maximum Gasteiger partial charge on any atom is 0.164 e. The molecule has 0 aromatic rings. The quantitative estimate of drug-likeness (QED) is 0.651. The zero-order valence-electron chi connectivity index (χ0n) is 9.80. The van der Waals surface area contributed by atoms with Gasteiger partial charge in [-0.3, -0.25) is 9.69 Å². The van der Waals surface area contributed by atoms with E-state index in [2.05, 4.69) is 16.7 Å². The second kappa shape index (κ2) is 5.29. The van der Waals surface area contributed by atoms with Crippen LogP contribution in [0.5, 0.6) is 0 Å². The van der Waals surface area contributed by atoms with Gasteiger partial charge in [0.2, 0.25) is 0 Å². The molecule has 3 heteroatoms. The number of hydrogen-bond acceptors (Lipinski definition) is 3. The number of ketones is 1. The van der Waals surface area contributed by atoms with Crippen molar-refractivity contribution in [3.8, 4) is 11.8 Å². The molecular weight excluding hydrogens is 190 g/mol. The van der Waals surface area contributed by atoms with Gasteiger partial charge in [-0.15, -0.1) is 5.92 Å². The Balaban J connectivity index is 2.61. The van der Waals surface area contributed by atoms with Gasteiger partial charge in [0.05, 0.1) is 25.2 Å². The fourth-order valence-electron chi connectivity index (χ4n) is 1.68. The van der Waals surface area contributed by atoms with E-state index < -0.39 is 5.54 Å². The molecule has 0 radical (unpaired) electrons. The van der Waals surface area contributed by atoms with Crippen LogP contribution in [0.4, 0.5) is 0 Å². The van der Waals surface area contributed by atoms with Crippen molar-refractivity contribution in [3.63, 3.8) is 0 Å². The second-order valence-electron chi connectivity index (χ2n) is 4.19. The molecule has 0 unspecified atom stereocenters. The average molecular weight is 209 g/mol. The van der Waals surface area contributed by atoms with Gasteiger partial charge in [-0.05, 0) is 20.8 Å². The van der Waals surface area contributed by atoms with E-state index in [1.165, 1.54) is 0 Å². The van der Waals surface area contributed by atoms with Crippen molar-refractivity contribution in [2.24, 2.45) is 0 Å². The van der Waals surface area contributed by atoms with Gasteiger partial charge in [0.25, 0.3) is 0 Å². The lowest BCUT2D eigenvalue weighted by Crippen LogP contribution is -2.54. The van der Waals surface area contributed by atoms with E-state index >= 15 is 0 Å². The molecule has 0 N–H and O–H groups in total. The van der Waals surface area contributed by atoms with Crippen LogP contribution in [0.2, 0.25) is 0 Å². The fraction of sp³-hybridized carbons (Fsp3) is 0.750. The Morgan fingerprint density at radius 3 is 2.53 bits per heavy atom. The lowest BCUT2D eigenvalue weighted by Gasteiger charge is -2.39. The maximum absolute atomic E-state index is 11.9. The SMILES string of the molecule is CC#CCC(=O)C(C)(C)N1CCOCC1. The molecule has 1 saturated heterocycles. The van der Waals surface area contributed by atoms with Gasteiger partial charge < -0.3 is 4.74 Å². The smallest absolute Gasteiger partial charge is 0.164 e. The van der Waals surface area contributed by atoms with Crippen molar-refractivity contribution < 1.29 is 9.53 Å². The maximum atomic E-state index is 11.9. The predicted octanol–water partition coefficient (Wildman–Crippen LogP) is 1.08. The van der Waals surface area contributed by atoms with Crippen molar-refractivity contribution in [1.29, 1.82) is 0 Å². The molecular formula is C12H19NO2. The van der Waals surface area contributed by atoms with Crippen LogP contribution in [0.25, 0.3) is 0 Å². The minimum atomic E-state index is -0.409. The molecule has 0 amide bonds. The Morgan fingerprint density at radius 2 is 2.00 bits per heavy atom. The Hall–Kier alpha value is -0.850. The van der Waals surface area contributed by atoms with Gasteiger partial charge in [-0.2, -0.15) is 0 Å². The number of hydrogen-bond donors (Lipinski definition) is 0. The molecule has 0 saturated carbocycles. The second-order valence-corrected chi connectivity index (χ2v) is 4.19. The number of rotatable bonds is 3. The molecule has 1 aliphatic heterocycles. The third-order valence-corrected chi connectivity index (χ3v) is 2.91. The Bertz CT molecular complexity index is 280. The van der Waals surface area contributed by atoms with Crippen LogP contribution >= 0.6 is 0 Å². The van der Waals surface area contributed by atoms with Crippen molar-refractivity contribution in [2.45, 2.75) is 32.7 Å². The van der Waals surface area contributed by atoms with E-state index in [4.69, 9.17) is 4.74 Å². The highest BCUT2D eigenvalue weighted by Gasteiger charge is 2.34. The third kappa shape index (κ3) is 3.05. The summed E-state index contributed by atoms with van der Waals surface area (Å²) >= 11 is 0. The number of morpholine rings is 1. The molecule has 0 aromatic carbocycles. The molecule has 0 spiro atoms. The Labute approximate surface area is 91.8 Å². The summed E-state index contributed by atoms with van der Waals surface area (Å²) in [6.07, 6.45) is 0.348. The standard InChI is InChI=1S/C12H19NO2/c1-4-5-6-11(14)12(2,3)13-7-9-15-10-8-13/h6-10H2,1-3H3. The third-order valence-electron chi connectivity index (χ3n) is 2.91. The summed E-state index contributed by atoms with van der Waals surface area (Å²) in [7, 11) is 0. The fourth-order valence-corrected chi connectivity index (χ4v) is 1.68. The highest BCUT2D eigenvalue weighted by atomic mass is 16.5. The van der Waals surface area contributed by atoms with Gasteiger partial charge in [-0.25, -0.2) is 0 Å². The zero-order valence-corrected chi connectivity index (χ0v) is 9.80. The molecule has 1 rings (SSSR count). The number of nitrogens with zero attached hydrogens (tertiary/aromatic N) is 1. The molecule has 0 aliphatic carbocycles. The summed E-state index contributed by atoms with van der Waals surface area (Å²) in [6, 6.07) is 0. The van der Waals surface area contributed by atoms with Gasteiger partial charge >= 0.3 is 0 Å². The summed E-state index contributed by atoms with van der Waals surface area (Å²) < 4.78 is 5.27. The topological polar surface area (TPSA) is 29.5 Å². The summed E-state index contributed by atoms with van der Waals surface area (Å²) in [6.45, 7) is 8.80. The molecule has 1 fully saturated rings. The van der Waals surface area contributed by atoms with E-state index in [0.29, 0.717) is 6.42 Å². The normalized spacial score (nSPS) is 18.1. The first kappa shape index (κ1) is 12.2. The van der Waals surface area contributed by atoms with Crippen molar-refractivity contribution in [3.05, 3.63) is 0 Å². The van der Waals surface area contributed by atoms with E-state index in [9.17, 15) is 4.79 Å². The minimum absolute atomic E-state index is 0.193. The average Bonchev–Trinajstić information content (AvgIpc) is 2.27. The van der Waals surface area contributed by atoms with Crippen molar-refractivity contribution >= 4 is 5.78 Å². The number of ether oxygens (including phenoxy) is 1. The molecule has 1 aliphatic rings. The molecule has 1 heterocycles. The van der Waals surface area contributed by atoms with Crippen LogP contribution in [0, 0.1) is 11.8 Å². The molecule has 0 bridgehead atoms. The number of Topliss-reactive ketones (excluding diaryl/α,β-unsaturated/α-hetero) is 1. The zero-order chi connectivity index (χ0) is 11.3. The molecule has 0 aromatic heterocycles. The predicted molar refractivity (Wildman–Crippen MR) is 59.5 cm³/mol. The van der Waals surface area contributed by atoms with E-state index in [1.807, 2.05) is 13.8 Å². The largest absolute Gasteiger partial charge is 0.379 e. The first-order valence-corrected chi connectivity index (χ1v) is 5.34. The number of carbonyl (C=O) groups excluding carboxylic acids is 1. The lowest BCUT2D eigenvalue weighted by atomic mass is 9.94. The summed E-state index contributed by atoms with van der Waals surface area (Å²) in [5.74, 6) is 5.79. The molecule has 3 nitrogen and oxygen atoms in total. The minimum Gasteiger partial charge on any atom is -0.379 e. The first-order valence-electron chi connectivity index (χ1n) is 5.34. The van der Waals surface area contributed by atoms with E-state index in [1.54, 1.807) is 6.92 Å². The van der Waals surface area contributed by atoms with Crippen LogP contribution in [0.1, 0.15) is 27.2 Å². The Morgan fingerprint density at radius 1 is 1.40 bits per heavy atom. The highest BCUT2D eigenvalue weighted by Crippen LogP contribution is 2.18. The lowest BCUT2D eigenvalue weighted by molar-refractivity contribution is -0.131. The van der Waals surface area contributed by atoms with Gasteiger partial charge in [-0.1, -0.05) is 5.92 Å². The Kier molecular flexibility index (Phi) is 4.31. The highest BCUT2D eigenvalue weighted by molar-refractivity contribution is 5.89. The van der Waals surface area contributed by atoms with Crippen LogP contribution in [0.3, 0.4) is 0 Å². The monoisotopic (exact) mass is 209 g/mol. The van der Waals surface area contributed by atoms with Gasteiger partial charge in [0, 0.05) is 13.1 Å². The van der Waals surface area contributed by atoms with Crippen LogP contribution in [-0.4, -0.2) is 42.5 Å². The van der Waals surface area contributed by atoms with E-state index in [0.717, 1.165) is 26.3 Å². The van der Waals surface area contributed by atoms with Gasteiger partial charge in [0.15, 0.2) is 5.78 Å². The van der Waals surface area contributed by atoms with Crippen LogP contribution in [0.15, 0.2) is 0 Å². The summed E-state index contributed by atoms with van der Waals surface area (Å²) in [4.78, 5) is 14.1. The molecule has 0 atom stereocenters. The number of carbonyl (C=O) groups is 1. The summed E-state index contributed by atoms with van der Waals surface area (Å²) in [5, 5.41) is 0. The van der Waals surface area contributed by atoms with Crippen LogP contribution in [-0.2, 0) is 9.53 Å². The van der Waals surface area contributed by atoms with Gasteiger partial charge in [0.1, 0.15) is 0 Å². The van der Waals surface area contributed by atoms with E-state index in [-0.39, 0.29) is 5.78 Å². The summed E-state index contributed by atoms with van der Waals surface area (Å²) in [5.41, 5.74) is -0.409. The van der Waals surface area contributed by atoms with Crippen molar-refractivity contribution in [1.82, 2.24) is 4.90 Å².